The number of amides is 1. The molecule has 1 amide bonds. The van der Waals surface area contributed by atoms with Crippen LogP contribution in [0.25, 0.3) is 0 Å². The number of thioether (sulfide) groups is 1. The molecule has 0 unspecified atom stereocenters. The molecule has 0 spiro atoms. The average molecular weight is 304 g/mol. The summed E-state index contributed by atoms with van der Waals surface area (Å²) in [6.07, 6.45) is 0. The molecule has 1 saturated heterocycles. The average Bonchev–Trinajstić information content (AvgIpc) is 2.54. The van der Waals surface area contributed by atoms with Gasteiger partial charge in [0.2, 0.25) is 0 Å². The van der Waals surface area contributed by atoms with Crippen LogP contribution in [0.3, 0.4) is 0 Å². The number of hydrogen-bond donors (Lipinski definition) is 0. The molecule has 1 aromatic rings. The largest absolute Gasteiger partial charge is 0.465 e. The van der Waals surface area contributed by atoms with Crippen LogP contribution >= 0.6 is 27.7 Å². The second-order valence-corrected chi connectivity index (χ2v) is 5.83. The molecule has 0 atom stereocenters. The van der Waals surface area contributed by atoms with Crippen molar-refractivity contribution >= 4 is 33.6 Å². The highest BCUT2D eigenvalue weighted by molar-refractivity contribution is 9.10. The van der Waals surface area contributed by atoms with E-state index in [0.29, 0.717) is 11.3 Å². The Kier molecular flexibility index (Phi) is 3.64. The van der Waals surface area contributed by atoms with Crippen molar-refractivity contribution in [2.24, 2.45) is 0 Å². The molecule has 2 rings (SSSR count). The van der Waals surface area contributed by atoms with E-state index in [1.54, 1.807) is 0 Å². The first kappa shape index (κ1) is 12.0. The van der Waals surface area contributed by atoms with Crippen molar-refractivity contribution in [1.29, 1.82) is 0 Å². The molecule has 16 heavy (non-hydrogen) atoms. The van der Waals surface area contributed by atoms with E-state index < -0.39 is 0 Å². The van der Waals surface area contributed by atoms with E-state index in [1.165, 1.54) is 0 Å². The van der Waals surface area contributed by atoms with Gasteiger partial charge in [0.15, 0.2) is 0 Å². The van der Waals surface area contributed by atoms with Crippen LogP contribution in [-0.2, 0) is 0 Å². The standard InChI is InChI=1S/C11H14BrNO2S/c1-7-9(10(12)8(2)15-7)11(14)13-3-5-16-6-4-13/h3-6H2,1-2H3. The van der Waals surface area contributed by atoms with Gasteiger partial charge < -0.3 is 9.32 Å². The first-order valence-electron chi connectivity index (χ1n) is 5.23. The molecule has 0 N–H and O–H groups in total. The molecule has 0 bridgehead atoms. The zero-order valence-electron chi connectivity index (χ0n) is 9.38. The number of hydrogen-bond acceptors (Lipinski definition) is 3. The molecule has 5 heteroatoms. The summed E-state index contributed by atoms with van der Waals surface area (Å²) < 4.78 is 6.26. The van der Waals surface area contributed by atoms with Gasteiger partial charge in [-0.05, 0) is 29.8 Å². The van der Waals surface area contributed by atoms with Crippen molar-refractivity contribution in [2.75, 3.05) is 24.6 Å². The number of aryl methyl sites for hydroxylation is 2. The summed E-state index contributed by atoms with van der Waals surface area (Å²) in [7, 11) is 0. The second kappa shape index (κ2) is 4.84. The maximum absolute atomic E-state index is 12.3. The Morgan fingerprint density at radius 2 is 1.94 bits per heavy atom. The molecule has 0 aliphatic carbocycles. The zero-order valence-corrected chi connectivity index (χ0v) is 11.8. The topological polar surface area (TPSA) is 33.5 Å². The van der Waals surface area contributed by atoms with Gasteiger partial charge in [0.1, 0.15) is 11.5 Å². The smallest absolute Gasteiger partial charge is 0.258 e. The summed E-state index contributed by atoms with van der Waals surface area (Å²) in [5.41, 5.74) is 0.685. The van der Waals surface area contributed by atoms with E-state index in [0.717, 1.165) is 34.8 Å². The number of halogens is 1. The van der Waals surface area contributed by atoms with Crippen molar-refractivity contribution in [1.82, 2.24) is 4.90 Å². The zero-order chi connectivity index (χ0) is 11.7. The molecule has 0 aromatic carbocycles. The van der Waals surface area contributed by atoms with Crippen LogP contribution < -0.4 is 0 Å². The molecule has 1 aliphatic rings. The molecule has 1 aromatic heterocycles. The summed E-state index contributed by atoms with van der Waals surface area (Å²) in [5.74, 6) is 3.61. The van der Waals surface area contributed by atoms with Gasteiger partial charge in [-0.2, -0.15) is 11.8 Å². The monoisotopic (exact) mass is 303 g/mol. The molecule has 0 radical (unpaired) electrons. The van der Waals surface area contributed by atoms with Gasteiger partial charge >= 0.3 is 0 Å². The normalized spacial score (nSPS) is 16.6. The number of rotatable bonds is 1. The Bertz CT molecular complexity index is 410. The third-order valence-electron chi connectivity index (χ3n) is 2.70. The van der Waals surface area contributed by atoms with Gasteiger partial charge in [-0.25, -0.2) is 0 Å². The Labute approximate surface area is 108 Å². The Morgan fingerprint density at radius 1 is 1.31 bits per heavy atom. The summed E-state index contributed by atoms with van der Waals surface area (Å²) in [6.45, 7) is 5.36. The highest BCUT2D eigenvalue weighted by Crippen LogP contribution is 2.29. The third-order valence-corrected chi connectivity index (χ3v) is 4.60. The lowest BCUT2D eigenvalue weighted by Crippen LogP contribution is -2.38. The summed E-state index contributed by atoms with van der Waals surface area (Å²) in [4.78, 5) is 14.2. The minimum atomic E-state index is 0.0847. The van der Waals surface area contributed by atoms with Crippen LogP contribution in [0.4, 0.5) is 0 Å². The van der Waals surface area contributed by atoms with Crippen LogP contribution in [-0.4, -0.2) is 35.4 Å². The van der Waals surface area contributed by atoms with Gasteiger partial charge in [0, 0.05) is 24.6 Å². The fourth-order valence-corrected chi connectivity index (χ4v) is 3.26. The number of furan rings is 1. The van der Waals surface area contributed by atoms with Gasteiger partial charge in [0.25, 0.3) is 5.91 Å². The van der Waals surface area contributed by atoms with Crippen molar-refractivity contribution < 1.29 is 9.21 Å². The SMILES string of the molecule is Cc1oc(C)c(C(=O)N2CCSCC2)c1Br. The van der Waals surface area contributed by atoms with Crippen LogP contribution in [0.5, 0.6) is 0 Å². The highest BCUT2D eigenvalue weighted by Gasteiger charge is 2.25. The molecule has 1 aliphatic heterocycles. The van der Waals surface area contributed by atoms with E-state index in [-0.39, 0.29) is 5.91 Å². The fourth-order valence-electron chi connectivity index (χ4n) is 1.83. The predicted molar refractivity (Wildman–Crippen MR) is 69.1 cm³/mol. The molecular formula is C11H14BrNO2S. The van der Waals surface area contributed by atoms with Gasteiger partial charge in [-0.1, -0.05) is 0 Å². The molecule has 1 fully saturated rings. The maximum atomic E-state index is 12.3. The highest BCUT2D eigenvalue weighted by atomic mass is 79.9. The van der Waals surface area contributed by atoms with Gasteiger partial charge in [-0.15, -0.1) is 0 Å². The first-order chi connectivity index (χ1) is 7.61. The van der Waals surface area contributed by atoms with E-state index >= 15 is 0 Å². The Balaban J connectivity index is 2.25. The Hall–Kier alpha value is -0.420. The Morgan fingerprint density at radius 3 is 2.44 bits per heavy atom. The number of carbonyl (C=O) groups is 1. The van der Waals surface area contributed by atoms with Crippen molar-refractivity contribution in [2.45, 2.75) is 13.8 Å². The van der Waals surface area contributed by atoms with Crippen LogP contribution in [0.1, 0.15) is 21.9 Å². The van der Waals surface area contributed by atoms with Gasteiger partial charge in [0.05, 0.1) is 10.0 Å². The summed E-state index contributed by atoms with van der Waals surface area (Å²) in [5, 5.41) is 0. The van der Waals surface area contributed by atoms with Crippen molar-refractivity contribution in [3.8, 4) is 0 Å². The number of carbonyl (C=O) groups excluding carboxylic acids is 1. The molecular weight excluding hydrogens is 290 g/mol. The lowest BCUT2D eigenvalue weighted by molar-refractivity contribution is 0.0770. The fraction of sp³-hybridized carbons (Fsp3) is 0.545. The van der Waals surface area contributed by atoms with Crippen LogP contribution in [0.2, 0.25) is 0 Å². The molecule has 2 heterocycles. The quantitative estimate of drug-likeness (QED) is 0.800. The van der Waals surface area contributed by atoms with Crippen LogP contribution in [0, 0.1) is 13.8 Å². The van der Waals surface area contributed by atoms with E-state index in [9.17, 15) is 4.79 Å². The summed E-state index contributed by atoms with van der Waals surface area (Å²) in [6, 6.07) is 0. The minimum absolute atomic E-state index is 0.0847. The lowest BCUT2D eigenvalue weighted by Gasteiger charge is -2.26. The first-order valence-corrected chi connectivity index (χ1v) is 7.18. The van der Waals surface area contributed by atoms with Crippen LogP contribution in [0.15, 0.2) is 8.89 Å². The predicted octanol–water partition coefficient (Wildman–Crippen LogP) is 2.85. The molecule has 0 saturated carbocycles. The maximum Gasteiger partial charge on any atom is 0.258 e. The van der Waals surface area contributed by atoms with E-state index in [1.807, 2.05) is 30.5 Å². The third kappa shape index (κ3) is 2.15. The van der Waals surface area contributed by atoms with E-state index in [4.69, 9.17) is 4.42 Å². The minimum Gasteiger partial charge on any atom is -0.465 e. The number of nitrogens with zero attached hydrogens (tertiary/aromatic N) is 1. The molecule has 3 nitrogen and oxygen atoms in total. The van der Waals surface area contributed by atoms with E-state index in [2.05, 4.69) is 15.9 Å². The summed E-state index contributed by atoms with van der Waals surface area (Å²) >= 11 is 5.32. The second-order valence-electron chi connectivity index (χ2n) is 3.81. The van der Waals surface area contributed by atoms with Crippen molar-refractivity contribution in [3.63, 3.8) is 0 Å². The lowest BCUT2D eigenvalue weighted by atomic mass is 10.2. The van der Waals surface area contributed by atoms with Gasteiger partial charge in [-0.3, -0.25) is 4.79 Å². The molecule has 88 valence electrons. The van der Waals surface area contributed by atoms with Crippen molar-refractivity contribution in [3.05, 3.63) is 21.6 Å².